The summed E-state index contributed by atoms with van der Waals surface area (Å²) in [5.74, 6) is -0.382. The van der Waals surface area contributed by atoms with Crippen molar-refractivity contribution < 1.29 is 14.4 Å². The summed E-state index contributed by atoms with van der Waals surface area (Å²) in [5.41, 5.74) is 4.36. The Morgan fingerprint density at radius 2 is 1.84 bits per heavy atom. The molecule has 4 amide bonds. The number of rotatable bonds is 6. The molecule has 7 heteroatoms. The number of para-hydroxylation sites is 1. The fourth-order valence-electron chi connectivity index (χ4n) is 4.79. The third-order valence-electron chi connectivity index (χ3n) is 6.40. The van der Waals surface area contributed by atoms with Gasteiger partial charge in [-0.3, -0.25) is 14.5 Å². The van der Waals surface area contributed by atoms with Crippen LogP contribution in [0.15, 0.2) is 54.6 Å². The van der Waals surface area contributed by atoms with Gasteiger partial charge in [0, 0.05) is 23.0 Å². The first-order chi connectivity index (χ1) is 15.6. The first kappa shape index (κ1) is 20.3. The third-order valence-corrected chi connectivity index (χ3v) is 6.40. The normalized spacial score (nSPS) is 20.3. The molecule has 0 saturated carbocycles. The Hall–Kier alpha value is -3.61. The highest BCUT2D eigenvalue weighted by Gasteiger charge is 2.38. The fraction of sp³-hybridized carbons (Fsp3) is 0.320. The van der Waals surface area contributed by atoms with E-state index in [1.54, 1.807) is 0 Å². The second kappa shape index (κ2) is 8.49. The van der Waals surface area contributed by atoms with Gasteiger partial charge in [0.05, 0.1) is 12.6 Å². The van der Waals surface area contributed by atoms with Crippen LogP contribution in [0.4, 0.5) is 4.79 Å². The van der Waals surface area contributed by atoms with E-state index in [1.165, 1.54) is 15.8 Å². The summed E-state index contributed by atoms with van der Waals surface area (Å²) in [5, 5.41) is 7.07. The molecule has 0 unspecified atom stereocenters. The minimum atomic E-state index is -0.660. The largest absolute Gasteiger partial charge is 0.356 e. The number of carbonyl (C=O) groups excluding carboxylic acids is 3. The van der Waals surface area contributed by atoms with Gasteiger partial charge in [-0.25, -0.2) is 4.79 Å². The Morgan fingerprint density at radius 3 is 2.69 bits per heavy atom. The predicted octanol–water partition coefficient (Wildman–Crippen LogP) is 3.56. The molecule has 2 atom stereocenters. The number of urea groups is 1. The molecule has 1 saturated heterocycles. The van der Waals surface area contributed by atoms with Crippen LogP contribution >= 0.6 is 0 Å². The molecule has 164 valence electrons. The van der Waals surface area contributed by atoms with Gasteiger partial charge in [0.15, 0.2) is 0 Å². The van der Waals surface area contributed by atoms with Crippen LogP contribution in [0.25, 0.3) is 10.9 Å². The lowest BCUT2D eigenvalue weighted by Crippen LogP contribution is -2.34. The minimum absolute atomic E-state index is 0.0536. The van der Waals surface area contributed by atoms with Crippen molar-refractivity contribution in [3.05, 3.63) is 71.4 Å². The second-order valence-corrected chi connectivity index (χ2v) is 8.53. The zero-order chi connectivity index (χ0) is 22.1. The van der Waals surface area contributed by atoms with Gasteiger partial charge in [-0.15, -0.1) is 0 Å². The summed E-state index contributed by atoms with van der Waals surface area (Å²) in [6, 6.07) is 16.5. The molecule has 2 aliphatic rings. The van der Waals surface area contributed by atoms with E-state index in [2.05, 4.69) is 27.8 Å². The highest BCUT2D eigenvalue weighted by Crippen LogP contribution is 2.34. The molecule has 32 heavy (non-hydrogen) atoms. The minimum Gasteiger partial charge on any atom is -0.356 e. The van der Waals surface area contributed by atoms with Crippen molar-refractivity contribution in [2.24, 2.45) is 0 Å². The maximum Gasteiger partial charge on any atom is 0.325 e. The highest BCUT2D eigenvalue weighted by atomic mass is 16.2. The molecule has 5 rings (SSSR count). The van der Waals surface area contributed by atoms with Crippen LogP contribution in [0.5, 0.6) is 0 Å². The summed E-state index contributed by atoms with van der Waals surface area (Å²) < 4.78 is 0. The molecule has 3 aromatic rings. The van der Waals surface area contributed by atoms with Crippen LogP contribution in [-0.4, -0.2) is 33.8 Å². The standard InChI is InChI=1S/C25H26N4O3/c30-22(26-20-12-6-10-18-17-9-4-5-11-19(17)27-23(18)20)14-13-21-24(31)29(25(32)28-21)15-16-7-2-1-3-8-16/h1-5,7-9,11,20-21,27H,6,10,12-15H2,(H,26,30)(H,28,32)/t20-,21+/m1/s1. The maximum atomic E-state index is 12.7. The van der Waals surface area contributed by atoms with Crippen LogP contribution in [0.3, 0.4) is 0 Å². The van der Waals surface area contributed by atoms with Crippen molar-refractivity contribution >= 4 is 28.7 Å². The molecule has 2 heterocycles. The summed E-state index contributed by atoms with van der Waals surface area (Å²) in [6.07, 6.45) is 3.38. The van der Waals surface area contributed by atoms with E-state index in [9.17, 15) is 14.4 Å². The zero-order valence-corrected chi connectivity index (χ0v) is 17.8. The molecule has 0 radical (unpaired) electrons. The van der Waals surface area contributed by atoms with E-state index < -0.39 is 12.1 Å². The molecule has 0 spiro atoms. The van der Waals surface area contributed by atoms with Crippen LogP contribution < -0.4 is 10.6 Å². The number of nitrogens with one attached hydrogen (secondary N) is 3. The van der Waals surface area contributed by atoms with E-state index in [4.69, 9.17) is 0 Å². The molecular weight excluding hydrogens is 404 g/mol. The highest BCUT2D eigenvalue weighted by molar-refractivity contribution is 6.04. The Bertz CT molecular complexity index is 1170. The zero-order valence-electron chi connectivity index (χ0n) is 17.8. The van der Waals surface area contributed by atoms with Crippen LogP contribution in [0, 0.1) is 0 Å². The number of fused-ring (bicyclic) bond motifs is 3. The average molecular weight is 431 g/mol. The Kier molecular flexibility index (Phi) is 5.39. The first-order valence-corrected chi connectivity index (χ1v) is 11.1. The van der Waals surface area contributed by atoms with Crippen molar-refractivity contribution in [3.63, 3.8) is 0 Å². The first-order valence-electron chi connectivity index (χ1n) is 11.1. The monoisotopic (exact) mass is 430 g/mol. The van der Waals surface area contributed by atoms with Gasteiger partial charge in [0.2, 0.25) is 5.91 Å². The Morgan fingerprint density at radius 1 is 1.06 bits per heavy atom. The van der Waals surface area contributed by atoms with Gasteiger partial charge >= 0.3 is 6.03 Å². The number of amides is 4. The number of H-pyrrole nitrogens is 1. The average Bonchev–Trinajstić information content (AvgIpc) is 3.32. The molecule has 7 nitrogen and oxygen atoms in total. The maximum absolute atomic E-state index is 12.7. The second-order valence-electron chi connectivity index (χ2n) is 8.53. The van der Waals surface area contributed by atoms with E-state index in [1.807, 2.05) is 42.5 Å². The number of aromatic nitrogens is 1. The summed E-state index contributed by atoms with van der Waals surface area (Å²) in [6.45, 7) is 0.236. The fourth-order valence-corrected chi connectivity index (χ4v) is 4.79. The molecule has 1 aromatic heterocycles. The summed E-state index contributed by atoms with van der Waals surface area (Å²) >= 11 is 0. The molecule has 1 fully saturated rings. The summed E-state index contributed by atoms with van der Waals surface area (Å²) in [4.78, 5) is 42.4. The third kappa shape index (κ3) is 3.86. The van der Waals surface area contributed by atoms with Crippen molar-refractivity contribution in [1.82, 2.24) is 20.5 Å². The molecule has 1 aliphatic heterocycles. The number of imide groups is 1. The van der Waals surface area contributed by atoms with Gasteiger partial charge in [-0.05, 0) is 42.9 Å². The Labute approximate surface area is 186 Å². The van der Waals surface area contributed by atoms with E-state index in [0.717, 1.165) is 36.0 Å². The number of hydrogen-bond acceptors (Lipinski definition) is 3. The summed E-state index contributed by atoms with van der Waals surface area (Å²) in [7, 11) is 0. The SMILES string of the molecule is O=C(CC[C@@H]1NC(=O)N(Cc2ccccc2)C1=O)N[C@@H]1CCCc2c1[nH]c1ccccc21. The lowest BCUT2D eigenvalue weighted by Gasteiger charge is -2.24. The van der Waals surface area contributed by atoms with Gasteiger partial charge in [-0.1, -0.05) is 48.5 Å². The smallest absolute Gasteiger partial charge is 0.325 e. The number of aryl methyl sites for hydroxylation is 1. The van der Waals surface area contributed by atoms with Gasteiger partial charge in [-0.2, -0.15) is 0 Å². The molecule has 2 aromatic carbocycles. The number of benzene rings is 2. The van der Waals surface area contributed by atoms with Crippen molar-refractivity contribution in [2.75, 3.05) is 0 Å². The predicted molar refractivity (Wildman–Crippen MR) is 121 cm³/mol. The quantitative estimate of drug-likeness (QED) is 0.522. The van der Waals surface area contributed by atoms with Crippen molar-refractivity contribution in [3.8, 4) is 0 Å². The van der Waals surface area contributed by atoms with Crippen molar-refractivity contribution in [2.45, 2.75) is 50.7 Å². The Balaban J connectivity index is 1.19. The van der Waals surface area contributed by atoms with Gasteiger partial charge in [0.1, 0.15) is 6.04 Å². The number of hydrogen-bond donors (Lipinski definition) is 3. The van der Waals surface area contributed by atoms with E-state index in [-0.39, 0.29) is 37.2 Å². The number of nitrogens with zero attached hydrogens (tertiary/aromatic N) is 1. The van der Waals surface area contributed by atoms with Crippen LogP contribution in [0.2, 0.25) is 0 Å². The lowest BCUT2D eigenvalue weighted by atomic mass is 9.91. The van der Waals surface area contributed by atoms with E-state index in [0.29, 0.717) is 0 Å². The molecular formula is C25H26N4O3. The van der Waals surface area contributed by atoms with Crippen LogP contribution in [-0.2, 0) is 22.6 Å². The van der Waals surface area contributed by atoms with Crippen LogP contribution in [0.1, 0.15) is 48.5 Å². The number of aromatic amines is 1. The molecule has 0 bridgehead atoms. The molecule has 1 aliphatic carbocycles. The number of carbonyl (C=O) groups is 3. The lowest BCUT2D eigenvalue weighted by molar-refractivity contribution is -0.128. The van der Waals surface area contributed by atoms with Crippen molar-refractivity contribution in [1.29, 1.82) is 0 Å². The van der Waals surface area contributed by atoms with E-state index >= 15 is 0 Å². The topological polar surface area (TPSA) is 94.3 Å². The van der Waals surface area contributed by atoms with Gasteiger partial charge in [0.25, 0.3) is 5.91 Å². The van der Waals surface area contributed by atoms with Gasteiger partial charge < -0.3 is 15.6 Å². The molecule has 3 N–H and O–H groups in total.